The topological polar surface area (TPSA) is 204 Å². The maximum Gasteiger partial charge on any atom is 0.339 e. The van der Waals surface area contributed by atoms with E-state index in [4.69, 9.17) is 33.2 Å². The molecule has 20 heteroatoms. The molecule has 55 heavy (non-hydrogen) atoms. The minimum absolute atomic E-state index is 0.106. The van der Waals surface area contributed by atoms with Crippen LogP contribution in [0.2, 0.25) is 0 Å². The number of carbonyl (C=O) groups excluding carboxylic acids is 6. The zero-order valence-electron chi connectivity index (χ0n) is 29.6. The van der Waals surface area contributed by atoms with Crippen LogP contribution in [0.4, 0.5) is 13.2 Å². The third-order valence-electron chi connectivity index (χ3n) is 10.4. The van der Waals surface area contributed by atoms with Crippen LogP contribution in [0.15, 0.2) is 23.1 Å². The largest absolute Gasteiger partial charge is 0.467 e. The Morgan fingerprint density at radius 2 is 1.56 bits per heavy atom. The van der Waals surface area contributed by atoms with Crippen molar-refractivity contribution in [1.82, 2.24) is 14.8 Å². The third-order valence-corrected chi connectivity index (χ3v) is 10.4. The highest BCUT2D eigenvalue weighted by atomic mass is 19.1. The minimum Gasteiger partial charge on any atom is -0.467 e. The van der Waals surface area contributed by atoms with Gasteiger partial charge >= 0.3 is 23.9 Å². The molecule has 1 aromatic heterocycles. The Bertz CT molecular complexity index is 2050. The summed E-state index contributed by atoms with van der Waals surface area (Å²) in [7, 11) is 0.965. The van der Waals surface area contributed by atoms with E-state index in [0.717, 1.165) is 46.9 Å². The number of benzene rings is 1. The van der Waals surface area contributed by atoms with Crippen LogP contribution in [-0.2, 0) is 60.7 Å². The quantitative estimate of drug-likeness (QED) is 0.279. The first-order valence-corrected chi connectivity index (χ1v) is 17.1. The van der Waals surface area contributed by atoms with E-state index in [2.05, 4.69) is 5.32 Å². The lowest BCUT2D eigenvalue weighted by atomic mass is 9.76. The normalized spacial score (nSPS) is 29.9. The standard InChI is InChI=1S/C35H34F3N3O14/c1-13(42)50-27-28(51-14(2)43)30(52-15(3)44)34(55-29(27)33(48)49-4)54-26-24-32(47)41-21-9-35(21)6-5-22(35)53-23(41)12-40(24)11-18(25(26)45)31(46)39-10-17-19(37)7-16(36)8-20(17)38/h7-8,11,21-23,27-30,34H,5-6,9-10,12H2,1-4H3,(H,39,46)/t21-,22-,23-,27+,28+,29+,30-,34-,35?/m1/s1. The lowest BCUT2D eigenvalue weighted by Gasteiger charge is -2.51. The summed E-state index contributed by atoms with van der Waals surface area (Å²) in [5.74, 6) is -10.8. The average molecular weight is 778 g/mol. The molecule has 1 unspecified atom stereocenters. The number of pyridine rings is 1. The van der Waals surface area contributed by atoms with Crippen molar-refractivity contribution in [2.75, 3.05) is 7.11 Å². The van der Waals surface area contributed by atoms with Gasteiger partial charge in [0.05, 0.1) is 19.8 Å². The molecule has 7 rings (SSSR count). The number of ether oxygens (including phenoxy) is 7. The van der Waals surface area contributed by atoms with E-state index in [9.17, 15) is 46.7 Å². The number of nitrogens with one attached hydrogen (secondary N) is 1. The van der Waals surface area contributed by atoms with Crippen molar-refractivity contribution in [3.05, 3.63) is 62.8 Å². The highest BCUT2D eigenvalue weighted by molar-refractivity contribution is 5.99. The summed E-state index contributed by atoms with van der Waals surface area (Å²) in [5.41, 5.74) is -3.31. The highest BCUT2D eigenvalue weighted by Gasteiger charge is 2.72. The van der Waals surface area contributed by atoms with Crippen molar-refractivity contribution in [1.29, 1.82) is 0 Å². The van der Waals surface area contributed by atoms with Gasteiger partial charge in [-0.2, -0.15) is 0 Å². The number of fused-ring (bicyclic) bond motifs is 3. The second kappa shape index (κ2) is 14.0. The summed E-state index contributed by atoms with van der Waals surface area (Å²) in [6.07, 6.45) is -7.16. The Morgan fingerprint density at radius 1 is 0.927 bits per heavy atom. The number of halogens is 3. The van der Waals surface area contributed by atoms with Crippen LogP contribution in [0.25, 0.3) is 0 Å². The summed E-state index contributed by atoms with van der Waals surface area (Å²) in [6, 6.07) is 0.588. The fourth-order valence-electron chi connectivity index (χ4n) is 7.85. The van der Waals surface area contributed by atoms with Gasteiger partial charge in [-0.15, -0.1) is 0 Å². The average Bonchev–Trinajstić information content (AvgIpc) is 3.87. The SMILES string of the molecule is COC(=O)[C@H]1O[C@@H](Oc2c3n(cc(C(=O)NCc4c(F)cc(F)cc4F)c2=O)C[C@H]2O[C@@H]4CCC45C[C@H]5N2C3=O)[C@H](OC(C)=O)[C@@H](OC(C)=O)[C@@H]1OC(C)=O. The van der Waals surface area contributed by atoms with E-state index >= 15 is 0 Å². The minimum atomic E-state index is -2.09. The molecule has 5 aliphatic rings. The molecule has 3 aliphatic heterocycles. The smallest absolute Gasteiger partial charge is 0.339 e. The zero-order valence-corrected chi connectivity index (χ0v) is 29.6. The molecule has 4 heterocycles. The molecule has 1 N–H and O–H groups in total. The molecule has 1 aromatic carbocycles. The second-order valence-electron chi connectivity index (χ2n) is 13.8. The number of amides is 2. The summed E-state index contributed by atoms with van der Waals surface area (Å²) in [4.78, 5) is 93.7. The van der Waals surface area contributed by atoms with Gasteiger partial charge in [-0.1, -0.05) is 0 Å². The van der Waals surface area contributed by atoms with E-state index in [1.54, 1.807) is 0 Å². The zero-order chi connectivity index (χ0) is 39.7. The molecule has 2 aromatic rings. The van der Waals surface area contributed by atoms with E-state index in [0.29, 0.717) is 18.6 Å². The molecule has 0 radical (unpaired) electrons. The Morgan fingerprint density at radius 3 is 2.16 bits per heavy atom. The van der Waals surface area contributed by atoms with Crippen molar-refractivity contribution in [3.63, 3.8) is 0 Å². The molecule has 2 aliphatic carbocycles. The molecule has 1 spiro atoms. The van der Waals surface area contributed by atoms with Crippen LogP contribution >= 0.6 is 0 Å². The molecular weight excluding hydrogens is 743 g/mol. The summed E-state index contributed by atoms with van der Waals surface area (Å²) in [6.45, 7) is 1.96. The van der Waals surface area contributed by atoms with Crippen LogP contribution in [-0.4, -0.2) is 101 Å². The lowest BCUT2D eigenvalue weighted by molar-refractivity contribution is -0.282. The van der Waals surface area contributed by atoms with Gasteiger partial charge in [0, 0.05) is 62.7 Å². The Hall–Kier alpha value is -5.50. The van der Waals surface area contributed by atoms with Gasteiger partial charge in [-0.05, 0) is 19.3 Å². The number of nitrogens with zero attached hydrogens (tertiary/aromatic N) is 2. The monoisotopic (exact) mass is 777 g/mol. The van der Waals surface area contributed by atoms with Crippen molar-refractivity contribution in [2.24, 2.45) is 5.41 Å². The second-order valence-corrected chi connectivity index (χ2v) is 13.8. The van der Waals surface area contributed by atoms with Crippen LogP contribution in [0.1, 0.15) is 66.4 Å². The number of aromatic nitrogens is 1. The maximum atomic E-state index is 14.4. The molecule has 17 nitrogen and oxygen atoms in total. The Labute approximate surface area is 308 Å². The Balaban J connectivity index is 1.32. The van der Waals surface area contributed by atoms with Crippen LogP contribution < -0.4 is 15.5 Å². The fourth-order valence-corrected chi connectivity index (χ4v) is 7.85. The Kier molecular flexibility index (Phi) is 9.60. The van der Waals surface area contributed by atoms with Gasteiger partial charge in [-0.3, -0.25) is 28.8 Å². The fraction of sp³-hybridized carbons (Fsp3) is 0.514. The van der Waals surface area contributed by atoms with Crippen LogP contribution in [0, 0.1) is 22.9 Å². The summed E-state index contributed by atoms with van der Waals surface area (Å²) < 4.78 is 82.6. The lowest BCUT2D eigenvalue weighted by Crippen LogP contribution is -2.65. The molecular formula is C35H34F3N3O14. The van der Waals surface area contributed by atoms with Gasteiger partial charge in [0.2, 0.25) is 23.6 Å². The number of hydrogen-bond acceptors (Lipinski definition) is 14. The number of esters is 4. The van der Waals surface area contributed by atoms with E-state index in [-0.39, 0.29) is 24.1 Å². The van der Waals surface area contributed by atoms with Gasteiger partial charge in [-0.25, -0.2) is 18.0 Å². The van der Waals surface area contributed by atoms with Crippen molar-refractivity contribution >= 4 is 35.7 Å². The van der Waals surface area contributed by atoms with Crippen LogP contribution in [0.3, 0.4) is 0 Å². The number of rotatable bonds is 9. The van der Waals surface area contributed by atoms with Gasteiger partial charge in [0.25, 0.3) is 11.8 Å². The first-order valence-electron chi connectivity index (χ1n) is 17.1. The van der Waals surface area contributed by atoms with Gasteiger partial charge in [0.15, 0.2) is 30.2 Å². The number of methoxy groups -OCH3 is 1. The predicted molar refractivity (Wildman–Crippen MR) is 171 cm³/mol. The van der Waals surface area contributed by atoms with Crippen LogP contribution in [0.5, 0.6) is 5.75 Å². The van der Waals surface area contributed by atoms with Crippen molar-refractivity contribution < 1.29 is 75.1 Å². The van der Waals surface area contributed by atoms with E-state index < -0.39 is 125 Å². The van der Waals surface area contributed by atoms with Gasteiger partial charge < -0.3 is 47.9 Å². The predicted octanol–water partition coefficient (Wildman–Crippen LogP) is 1.00. The molecule has 0 bridgehead atoms. The highest BCUT2D eigenvalue weighted by Crippen LogP contribution is 2.67. The molecule has 2 amide bonds. The molecule has 9 atom stereocenters. The number of carbonyl (C=O) groups is 6. The first-order chi connectivity index (χ1) is 26.0. The molecule has 4 fully saturated rings. The van der Waals surface area contributed by atoms with Crippen molar-refractivity contribution in [2.45, 2.75) is 102 Å². The third kappa shape index (κ3) is 6.55. The van der Waals surface area contributed by atoms with E-state index in [1.165, 1.54) is 9.47 Å². The van der Waals surface area contributed by atoms with Crippen molar-refractivity contribution in [3.8, 4) is 5.75 Å². The van der Waals surface area contributed by atoms with Gasteiger partial charge in [0.1, 0.15) is 23.0 Å². The van der Waals surface area contributed by atoms with E-state index in [1.807, 2.05) is 0 Å². The maximum absolute atomic E-state index is 14.4. The molecule has 2 saturated carbocycles. The summed E-state index contributed by atoms with van der Waals surface area (Å²) in [5, 5.41) is 2.21. The number of hydrogen-bond donors (Lipinski definition) is 1. The molecule has 294 valence electrons. The molecule has 2 saturated heterocycles. The summed E-state index contributed by atoms with van der Waals surface area (Å²) >= 11 is 0. The first kappa shape index (κ1) is 37.8.